The average Bonchev–Trinajstić information content (AvgIpc) is 2.80. The van der Waals surface area contributed by atoms with Gasteiger partial charge < -0.3 is 9.64 Å². The predicted molar refractivity (Wildman–Crippen MR) is 146 cm³/mol. The topological polar surface area (TPSA) is 79.0 Å². The molecular weight excluding hydrogens is 522 g/mol. The fourth-order valence-electron chi connectivity index (χ4n) is 5.37. The lowest BCUT2D eigenvalue weighted by Gasteiger charge is -2.48. The monoisotopic (exact) mass is 553 g/mol. The minimum atomic E-state index is -0.768. The van der Waals surface area contributed by atoms with Crippen molar-refractivity contribution >= 4 is 51.2 Å². The second-order valence-electron chi connectivity index (χ2n) is 10.1. The van der Waals surface area contributed by atoms with Gasteiger partial charge in [-0.1, -0.05) is 29.8 Å². The van der Waals surface area contributed by atoms with Crippen LogP contribution < -0.4 is 19.9 Å². The van der Waals surface area contributed by atoms with Crippen molar-refractivity contribution < 1.29 is 19.1 Å². The molecule has 1 unspecified atom stereocenters. The third kappa shape index (κ3) is 4.54. The summed E-state index contributed by atoms with van der Waals surface area (Å²) in [7, 11) is 1.58. The lowest BCUT2D eigenvalue weighted by atomic mass is 9.79. The number of hydrogen-bond acceptors (Lipinski definition) is 5. The maximum absolute atomic E-state index is 13.5. The van der Waals surface area contributed by atoms with Gasteiger partial charge >= 0.3 is 6.03 Å². The van der Waals surface area contributed by atoms with E-state index in [1.807, 2.05) is 18.2 Å². The molecule has 7 nitrogen and oxygen atoms in total. The first-order valence-electron chi connectivity index (χ1n) is 12.2. The van der Waals surface area contributed by atoms with Gasteiger partial charge in [-0.3, -0.25) is 14.9 Å². The molecule has 4 rings (SSSR count). The lowest BCUT2D eigenvalue weighted by molar-refractivity contribution is -0.122. The van der Waals surface area contributed by atoms with E-state index in [0.29, 0.717) is 17.0 Å². The molecule has 2 aromatic carbocycles. The van der Waals surface area contributed by atoms with Crippen molar-refractivity contribution in [3.8, 4) is 5.75 Å². The minimum absolute atomic E-state index is 0.00393. The molecule has 0 aliphatic carbocycles. The van der Waals surface area contributed by atoms with Gasteiger partial charge in [-0.05, 0) is 81.0 Å². The van der Waals surface area contributed by atoms with Crippen LogP contribution >= 0.6 is 15.9 Å². The standard InChI is InChI=1S/C28H32BrN3O4/c1-7-10-31-23-14-24(36-6)18(12-20(23)17(3)15-28(31,4)5)13-21-25(33)30-27(35)32(26(21)34)22-9-8-19(29)11-16(22)2/h8-9,11-14,17H,7,10,15H2,1-6H3,(H,30,33,35)/b21-13-. The Hall–Kier alpha value is -3.13. The van der Waals surface area contributed by atoms with E-state index in [1.165, 1.54) is 6.08 Å². The van der Waals surface area contributed by atoms with Gasteiger partial charge in [-0.15, -0.1) is 0 Å². The summed E-state index contributed by atoms with van der Waals surface area (Å²) in [4.78, 5) is 42.4. The highest BCUT2D eigenvalue weighted by Gasteiger charge is 2.39. The number of nitrogens with zero attached hydrogens (tertiary/aromatic N) is 2. The number of nitrogens with one attached hydrogen (secondary N) is 1. The van der Waals surface area contributed by atoms with E-state index in [0.717, 1.165) is 45.6 Å². The first kappa shape index (κ1) is 25.9. The molecule has 1 atom stereocenters. The van der Waals surface area contributed by atoms with E-state index in [9.17, 15) is 14.4 Å². The highest BCUT2D eigenvalue weighted by molar-refractivity contribution is 9.10. The molecule has 1 saturated heterocycles. The molecular formula is C28H32BrN3O4. The van der Waals surface area contributed by atoms with Gasteiger partial charge in [0.2, 0.25) is 0 Å². The van der Waals surface area contributed by atoms with Gasteiger partial charge in [0, 0.05) is 33.9 Å². The quantitative estimate of drug-likeness (QED) is 0.366. The smallest absolute Gasteiger partial charge is 0.335 e. The molecule has 190 valence electrons. The van der Waals surface area contributed by atoms with E-state index >= 15 is 0 Å². The Kier molecular flexibility index (Phi) is 7.01. The summed E-state index contributed by atoms with van der Waals surface area (Å²) >= 11 is 3.40. The van der Waals surface area contributed by atoms with E-state index < -0.39 is 17.8 Å². The minimum Gasteiger partial charge on any atom is -0.496 e. The Balaban J connectivity index is 1.82. The van der Waals surface area contributed by atoms with E-state index in [1.54, 1.807) is 26.2 Å². The maximum atomic E-state index is 13.5. The molecule has 1 N–H and O–H groups in total. The molecule has 2 heterocycles. The second-order valence-corrected chi connectivity index (χ2v) is 11.0. The molecule has 1 fully saturated rings. The molecule has 36 heavy (non-hydrogen) atoms. The van der Waals surface area contributed by atoms with E-state index in [2.05, 4.69) is 53.8 Å². The van der Waals surface area contributed by atoms with Crippen LogP contribution in [0.5, 0.6) is 5.75 Å². The normalized spacial score (nSPS) is 20.5. The average molecular weight is 554 g/mol. The zero-order valence-electron chi connectivity index (χ0n) is 21.6. The Bertz CT molecular complexity index is 1280. The fourth-order valence-corrected chi connectivity index (χ4v) is 5.84. The number of barbiturate groups is 1. The van der Waals surface area contributed by atoms with Gasteiger partial charge in [-0.25, -0.2) is 9.69 Å². The van der Waals surface area contributed by atoms with Crippen molar-refractivity contribution in [3.05, 3.63) is 57.1 Å². The summed E-state index contributed by atoms with van der Waals surface area (Å²) in [5.41, 5.74) is 3.90. The Labute approximate surface area is 220 Å². The summed E-state index contributed by atoms with van der Waals surface area (Å²) in [6.07, 6.45) is 3.52. The van der Waals surface area contributed by atoms with Gasteiger partial charge in [0.25, 0.3) is 11.8 Å². The van der Waals surface area contributed by atoms with E-state index in [-0.39, 0.29) is 17.0 Å². The van der Waals surface area contributed by atoms with E-state index in [4.69, 9.17) is 4.74 Å². The number of ether oxygens (including phenoxy) is 1. The predicted octanol–water partition coefficient (Wildman–Crippen LogP) is 5.93. The highest BCUT2D eigenvalue weighted by atomic mass is 79.9. The van der Waals surface area contributed by atoms with Gasteiger partial charge in [0.15, 0.2) is 0 Å². The number of urea groups is 1. The summed E-state index contributed by atoms with van der Waals surface area (Å²) in [6, 6.07) is 8.48. The van der Waals surface area contributed by atoms with Crippen LogP contribution in [-0.4, -0.2) is 37.0 Å². The first-order chi connectivity index (χ1) is 17.0. The number of carbonyl (C=O) groups excluding carboxylic acids is 3. The number of carbonyl (C=O) groups is 3. The number of benzene rings is 2. The third-order valence-corrected chi connectivity index (χ3v) is 7.48. The van der Waals surface area contributed by atoms with Crippen molar-refractivity contribution in [2.45, 2.75) is 58.9 Å². The van der Waals surface area contributed by atoms with Crippen molar-refractivity contribution in [2.24, 2.45) is 0 Å². The van der Waals surface area contributed by atoms with Crippen LogP contribution in [0, 0.1) is 6.92 Å². The SMILES string of the molecule is CCCN1c2cc(OC)c(/C=C3/C(=O)NC(=O)N(c4ccc(Br)cc4C)C3=O)cc2C(C)CC1(C)C. The zero-order chi connectivity index (χ0) is 26.4. The number of rotatable bonds is 5. The van der Waals surface area contributed by atoms with Gasteiger partial charge in [-0.2, -0.15) is 0 Å². The molecule has 8 heteroatoms. The lowest BCUT2D eigenvalue weighted by Crippen LogP contribution is -2.54. The number of amides is 4. The number of methoxy groups -OCH3 is 1. The van der Waals surface area contributed by atoms with Crippen LogP contribution in [0.15, 0.2) is 40.4 Å². The first-order valence-corrected chi connectivity index (χ1v) is 12.9. The number of imide groups is 2. The third-order valence-electron chi connectivity index (χ3n) is 6.99. The molecule has 0 aromatic heterocycles. The molecule has 0 spiro atoms. The summed E-state index contributed by atoms with van der Waals surface area (Å²) in [6.45, 7) is 11.6. The van der Waals surface area contributed by atoms with Crippen LogP contribution in [0.4, 0.5) is 16.2 Å². The second kappa shape index (κ2) is 9.73. The van der Waals surface area contributed by atoms with Gasteiger partial charge in [0.05, 0.1) is 12.8 Å². The van der Waals surface area contributed by atoms with Crippen molar-refractivity contribution in [1.29, 1.82) is 0 Å². The van der Waals surface area contributed by atoms with Crippen LogP contribution in [0.3, 0.4) is 0 Å². The van der Waals surface area contributed by atoms with Crippen molar-refractivity contribution in [2.75, 3.05) is 23.5 Å². The van der Waals surface area contributed by atoms with Crippen LogP contribution in [0.1, 0.15) is 63.1 Å². The molecule has 4 amide bonds. The zero-order valence-corrected chi connectivity index (χ0v) is 23.2. The van der Waals surface area contributed by atoms with Crippen molar-refractivity contribution in [3.63, 3.8) is 0 Å². The van der Waals surface area contributed by atoms with Gasteiger partial charge in [0.1, 0.15) is 11.3 Å². The molecule has 0 saturated carbocycles. The molecule has 2 aliphatic rings. The Morgan fingerprint density at radius 3 is 2.53 bits per heavy atom. The molecule has 0 bridgehead atoms. The number of hydrogen-bond donors (Lipinski definition) is 1. The summed E-state index contributed by atoms with van der Waals surface area (Å²) in [5, 5.41) is 2.31. The highest BCUT2D eigenvalue weighted by Crippen LogP contribution is 2.46. The number of fused-ring (bicyclic) bond motifs is 1. The largest absolute Gasteiger partial charge is 0.496 e. The summed E-state index contributed by atoms with van der Waals surface area (Å²) in [5.74, 6) is -0.546. The van der Waals surface area contributed by atoms with Crippen molar-refractivity contribution in [1.82, 2.24) is 5.32 Å². The van der Waals surface area contributed by atoms with Crippen LogP contribution in [0.25, 0.3) is 6.08 Å². The maximum Gasteiger partial charge on any atom is 0.335 e. The molecule has 2 aromatic rings. The fraction of sp³-hybridized carbons (Fsp3) is 0.393. The van der Waals surface area contributed by atoms with Crippen LogP contribution in [0.2, 0.25) is 0 Å². The number of anilines is 2. The number of aryl methyl sites for hydroxylation is 1. The summed E-state index contributed by atoms with van der Waals surface area (Å²) < 4.78 is 6.55. The molecule has 2 aliphatic heterocycles. The Morgan fingerprint density at radius 1 is 1.17 bits per heavy atom. The van der Waals surface area contributed by atoms with Crippen LogP contribution in [-0.2, 0) is 9.59 Å². The molecule has 0 radical (unpaired) electrons. The Morgan fingerprint density at radius 2 is 1.89 bits per heavy atom. The number of halogens is 1.